The molecule has 2 amide bonds. The first kappa shape index (κ1) is 21.8. The summed E-state index contributed by atoms with van der Waals surface area (Å²) >= 11 is 0. The number of hydrogen-bond donors (Lipinski definition) is 2. The maximum atomic E-state index is 15.3. The monoisotopic (exact) mass is 473 g/mol. The second-order valence-corrected chi connectivity index (χ2v) is 8.96. The van der Waals surface area contributed by atoms with Crippen LogP contribution in [0.15, 0.2) is 60.9 Å². The molecule has 2 atom stereocenters. The Morgan fingerprint density at radius 2 is 1.49 bits per heavy atom. The summed E-state index contributed by atoms with van der Waals surface area (Å²) in [5.74, 6) is -0.913. The number of aliphatic hydroxyl groups is 1. The van der Waals surface area contributed by atoms with Crippen LogP contribution in [0.4, 0.5) is 4.39 Å². The van der Waals surface area contributed by atoms with Crippen LogP contribution in [-0.4, -0.2) is 51.5 Å². The van der Waals surface area contributed by atoms with Crippen molar-refractivity contribution in [2.24, 2.45) is 0 Å². The van der Waals surface area contributed by atoms with Crippen LogP contribution in [-0.2, 0) is 27.4 Å². The summed E-state index contributed by atoms with van der Waals surface area (Å²) in [6, 6.07) is 15.2. The number of alkyl halides is 1. The van der Waals surface area contributed by atoms with Crippen LogP contribution in [0.5, 0.6) is 0 Å². The molecule has 0 spiro atoms. The molecule has 0 fully saturated rings. The van der Waals surface area contributed by atoms with Crippen molar-refractivity contribution >= 4 is 44.8 Å². The molecular formula is C27H24FN3O4. The fourth-order valence-corrected chi connectivity index (χ4v) is 5.24. The van der Waals surface area contributed by atoms with E-state index in [1.165, 1.54) is 0 Å². The maximum Gasteiger partial charge on any atom is 0.259 e. The molecule has 2 aliphatic rings. The summed E-state index contributed by atoms with van der Waals surface area (Å²) in [7, 11) is 0. The Morgan fingerprint density at radius 1 is 0.914 bits per heavy atom. The van der Waals surface area contributed by atoms with Crippen molar-refractivity contribution in [2.45, 2.75) is 31.8 Å². The number of carbonyl (C=O) groups is 2. The van der Waals surface area contributed by atoms with Gasteiger partial charge in [0.25, 0.3) is 11.8 Å². The zero-order valence-corrected chi connectivity index (χ0v) is 18.9. The first-order valence-electron chi connectivity index (χ1n) is 11.7. The van der Waals surface area contributed by atoms with Gasteiger partial charge in [-0.15, -0.1) is 0 Å². The molecule has 0 saturated heterocycles. The number of fused-ring (bicyclic) bond motifs is 12. The minimum Gasteiger partial charge on any atom is -0.394 e. The molecule has 6 rings (SSSR count). The molecule has 4 heterocycles. The number of para-hydroxylation sites is 2. The lowest BCUT2D eigenvalue weighted by molar-refractivity contribution is -0.122. The molecular weight excluding hydrogens is 449 g/mol. The third kappa shape index (κ3) is 3.48. The Bertz CT molecular complexity index is 1520. The number of aryl methyl sites for hydroxylation is 1. The SMILES string of the molecule is O=C1NC(=O)C2=C1c1cn(c3ccccc13)CCCOC(CO)[C@@H](F)Cn1cc2c2ccccc21. The third-order valence-electron chi connectivity index (χ3n) is 6.88. The van der Waals surface area contributed by atoms with Gasteiger partial charge in [0, 0.05) is 58.5 Å². The van der Waals surface area contributed by atoms with Crippen molar-refractivity contribution in [3.8, 4) is 0 Å². The highest BCUT2D eigenvalue weighted by molar-refractivity contribution is 6.50. The van der Waals surface area contributed by atoms with Crippen molar-refractivity contribution in [1.29, 1.82) is 0 Å². The second kappa shape index (κ2) is 8.48. The zero-order valence-electron chi connectivity index (χ0n) is 18.9. The average Bonchev–Trinajstić information content (AvgIpc) is 3.49. The molecule has 8 heteroatoms. The van der Waals surface area contributed by atoms with Crippen molar-refractivity contribution in [1.82, 2.24) is 14.5 Å². The van der Waals surface area contributed by atoms with Gasteiger partial charge in [-0.3, -0.25) is 14.9 Å². The highest BCUT2D eigenvalue weighted by atomic mass is 19.1. The van der Waals surface area contributed by atoms with Crippen LogP contribution in [0.2, 0.25) is 0 Å². The average molecular weight is 474 g/mol. The van der Waals surface area contributed by atoms with Crippen LogP contribution in [0.25, 0.3) is 33.0 Å². The third-order valence-corrected chi connectivity index (χ3v) is 6.88. The summed E-state index contributed by atoms with van der Waals surface area (Å²) in [5, 5.41) is 13.9. The molecule has 0 saturated carbocycles. The van der Waals surface area contributed by atoms with Crippen LogP contribution in [0, 0.1) is 0 Å². The number of aliphatic hydroxyl groups excluding tert-OH is 1. The quantitative estimate of drug-likeness (QED) is 0.416. The molecule has 0 aliphatic carbocycles. The van der Waals surface area contributed by atoms with E-state index in [1.54, 1.807) is 10.8 Å². The van der Waals surface area contributed by atoms with Crippen LogP contribution >= 0.6 is 0 Å². The predicted molar refractivity (Wildman–Crippen MR) is 130 cm³/mol. The molecule has 2 N–H and O–H groups in total. The highest BCUT2D eigenvalue weighted by Gasteiger charge is 2.36. The minimum absolute atomic E-state index is 0.0540. The van der Waals surface area contributed by atoms with Crippen LogP contribution < -0.4 is 5.32 Å². The van der Waals surface area contributed by atoms with Crippen molar-refractivity contribution < 1.29 is 23.8 Å². The molecule has 2 aromatic heterocycles. The van der Waals surface area contributed by atoms with E-state index in [-0.39, 0.29) is 18.7 Å². The standard InChI is InChI=1S/C27H24FN3O4/c28-20-14-31-13-19(17-7-2-4-9-22(17)31)25-24(26(33)29-27(25)34)18-12-30(10-5-11-35-23(20)15-32)21-8-3-1-6-16(18)21/h1-4,6-9,12-13,20,23,32H,5,10-11,14-15H2,(H,29,33,34)/t20-,23?/m0/s1. The smallest absolute Gasteiger partial charge is 0.259 e. The number of benzene rings is 2. The Balaban J connectivity index is 1.65. The normalized spacial score (nSPS) is 21.2. The molecule has 4 bridgehead atoms. The largest absolute Gasteiger partial charge is 0.394 e. The number of imide groups is 1. The Morgan fingerprint density at radius 3 is 2.11 bits per heavy atom. The number of nitrogens with zero attached hydrogens (tertiary/aromatic N) is 2. The first-order chi connectivity index (χ1) is 17.1. The number of halogens is 1. The second-order valence-electron chi connectivity index (χ2n) is 8.96. The van der Waals surface area contributed by atoms with E-state index in [0.717, 1.165) is 21.8 Å². The lowest BCUT2D eigenvalue weighted by atomic mass is 9.95. The van der Waals surface area contributed by atoms with E-state index in [9.17, 15) is 14.7 Å². The number of carbonyl (C=O) groups excluding carboxylic acids is 2. The minimum atomic E-state index is -1.46. The Hall–Kier alpha value is -3.75. The Kier molecular flexibility index (Phi) is 5.27. The fourth-order valence-electron chi connectivity index (χ4n) is 5.24. The van der Waals surface area contributed by atoms with Gasteiger partial charge < -0.3 is 19.0 Å². The predicted octanol–water partition coefficient (Wildman–Crippen LogP) is 3.28. The Labute approximate surface area is 200 Å². The number of nitrogens with one attached hydrogen (secondary N) is 1. The van der Waals surface area contributed by atoms with E-state index in [0.29, 0.717) is 29.7 Å². The van der Waals surface area contributed by atoms with Crippen LogP contribution in [0.3, 0.4) is 0 Å². The summed E-state index contributed by atoms with van der Waals surface area (Å²) in [5.41, 5.74) is 3.52. The molecule has 1 unspecified atom stereocenters. The van der Waals surface area contributed by atoms with Gasteiger partial charge in [-0.2, -0.15) is 0 Å². The highest BCUT2D eigenvalue weighted by Crippen LogP contribution is 2.39. The number of rotatable bonds is 1. The van der Waals surface area contributed by atoms with Crippen molar-refractivity contribution in [2.75, 3.05) is 13.2 Å². The number of hydrogen-bond acceptors (Lipinski definition) is 4. The lowest BCUT2D eigenvalue weighted by Gasteiger charge is -2.21. The van der Waals surface area contributed by atoms with Gasteiger partial charge in [0.05, 0.1) is 24.3 Å². The summed E-state index contributed by atoms with van der Waals surface area (Å²) in [6.07, 6.45) is 1.79. The summed E-state index contributed by atoms with van der Waals surface area (Å²) in [4.78, 5) is 26.3. The first-order valence-corrected chi connectivity index (χ1v) is 11.7. The van der Waals surface area contributed by atoms with E-state index in [1.807, 2.05) is 59.3 Å². The van der Waals surface area contributed by atoms with Gasteiger partial charge in [-0.1, -0.05) is 36.4 Å². The van der Waals surface area contributed by atoms with E-state index < -0.39 is 30.7 Å². The van der Waals surface area contributed by atoms with Gasteiger partial charge in [0.1, 0.15) is 12.3 Å². The number of amides is 2. The molecule has 178 valence electrons. The maximum absolute atomic E-state index is 15.3. The topological polar surface area (TPSA) is 85.5 Å². The molecule has 35 heavy (non-hydrogen) atoms. The van der Waals surface area contributed by atoms with E-state index in [4.69, 9.17) is 4.74 Å². The van der Waals surface area contributed by atoms with Gasteiger partial charge in [0.15, 0.2) is 0 Å². The van der Waals surface area contributed by atoms with Gasteiger partial charge >= 0.3 is 0 Å². The van der Waals surface area contributed by atoms with Gasteiger partial charge in [-0.25, -0.2) is 4.39 Å². The number of aromatic nitrogens is 2. The van der Waals surface area contributed by atoms with Gasteiger partial charge in [0.2, 0.25) is 0 Å². The molecule has 0 radical (unpaired) electrons. The summed E-state index contributed by atoms with van der Waals surface area (Å²) < 4.78 is 24.8. The van der Waals surface area contributed by atoms with Crippen molar-refractivity contribution in [3.63, 3.8) is 0 Å². The molecule has 4 aromatic rings. The van der Waals surface area contributed by atoms with Crippen LogP contribution in [0.1, 0.15) is 17.5 Å². The molecule has 2 aliphatic heterocycles. The van der Waals surface area contributed by atoms with Gasteiger partial charge in [-0.05, 0) is 18.6 Å². The molecule has 7 nitrogen and oxygen atoms in total. The fraction of sp³-hybridized carbons (Fsp3) is 0.259. The molecule has 2 aromatic carbocycles. The van der Waals surface area contributed by atoms with E-state index >= 15 is 4.39 Å². The van der Waals surface area contributed by atoms with Crippen molar-refractivity contribution in [3.05, 3.63) is 72.1 Å². The summed E-state index contributed by atoms with van der Waals surface area (Å²) in [6.45, 7) is 0.362. The lowest BCUT2D eigenvalue weighted by Crippen LogP contribution is -2.33. The van der Waals surface area contributed by atoms with E-state index in [2.05, 4.69) is 5.32 Å². The number of ether oxygens (including phenoxy) is 1. The zero-order chi connectivity index (χ0) is 24.1.